The van der Waals surface area contributed by atoms with Crippen LogP contribution in [0.2, 0.25) is 0 Å². The van der Waals surface area contributed by atoms with E-state index in [1.807, 2.05) is 6.92 Å². The van der Waals surface area contributed by atoms with Crippen molar-refractivity contribution in [3.63, 3.8) is 0 Å². The summed E-state index contributed by atoms with van der Waals surface area (Å²) in [6.45, 7) is 2.31. The van der Waals surface area contributed by atoms with Crippen molar-refractivity contribution in [3.05, 3.63) is 0 Å². The van der Waals surface area contributed by atoms with Gasteiger partial charge in [0.1, 0.15) is 0 Å². The smallest absolute Gasteiger partial charge is 0.434 e. The Bertz CT molecular complexity index is 73.7. The molecule has 0 saturated heterocycles. The first kappa shape index (κ1) is 7.75. The molecule has 0 saturated carbocycles. The molecule has 0 radical (unpaired) electrons. The van der Waals surface area contributed by atoms with Crippen LogP contribution in [-0.2, 0) is 8.57 Å². The van der Waals surface area contributed by atoms with Gasteiger partial charge in [0.2, 0.25) is 0 Å². The Kier molecular flexibility index (Phi) is 4.75. The van der Waals surface area contributed by atoms with Crippen LogP contribution in [0.1, 0.15) is 13.3 Å². The largest absolute Gasteiger partial charge is 0.520 e. The van der Waals surface area contributed by atoms with Gasteiger partial charge >= 0.3 is 6.16 Å². The van der Waals surface area contributed by atoms with Crippen LogP contribution in [0.5, 0.6) is 0 Å². The molecule has 0 amide bonds. The Morgan fingerprint density at radius 3 is 2.75 bits per heavy atom. The van der Waals surface area contributed by atoms with E-state index in [1.165, 1.54) is 0 Å². The van der Waals surface area contributed by atoms with Crippen LogP contribution in [0, 0.1) is 0 Å². The van der Waals surface area contributed by atoms with E-state index in [1.54, 1.807) is 0 Å². The normalized spacial score (nSPS) is 8.25. The Morgan fingerprint density at radius 2 is 2.38 bits per heavy atom. The van der Waals surface area contributed by atoms with Crippen LogP contribution in [0.25, 0.3) is 0 Å². The highest BCUT2D eigenvalue weighted by atomic mass is 79.9. The van der Waals surface area contributed by atoms with Crippen LogP contribution in [0.3, 0.4) is 0 Å². The molecule has 3 nitrogen and oxygen atoms in total. The number of hydrogen-bond acceptors (Lipinski definition) is 3. The highest BCUT2D eigenvalue weighted by Crippen LogP contribution is 1.91. The molecule has 0 aliphatic carbocycles. The van der Waals surface area contributed by atoms with E-state index in [2.05, 4.69) is 24.8 Å². The van der Waals surface area contributed by atoms with E-state index in [0.717, 1.165) is 6.42 Å². The number of hydrogen-bond donors (Lipinski definition) is 0. The minimum absolute atomic E-state index is 0.407. The first-order valence-corrected chi connectivity index (χ1v) is 2.91. The molecule has 0 fully saturated rings. The summed E-state index contributed by atoms with van der Waals surface area (Å²) in [5, 5.41) is 0. The van der Waals surface area contributed by atoms with Crippen molar-refractivity contribution < 1.29 is 13.4 Å². The van der Waals surface area contributed by atoms with E-state index in [9.17, 15) is 4.79 Å². The summed E-state index contributed by atoms with van der Waals surface area (Å²) < 4.78 is 8.44. The molecule has 0 spiro atoms. The van der Waals surface area contributed by atoms with Gasteiger partial charge in [-0.3, -0.25) is 0 Å². The lowest BCUT2D eigenvalue weighted by Gasteiger charge is -1.95. The van der Waals surface area contributed by atoms with Crippen LogP contribution >= 0.6 is 16.3 Å². The van der Waals surface area contributed by atoms with E-state index in [4.69, 9.17) is 0 Å². The number of halogens is 1. The van der Waals surface area contributed by atoms with Gasteiger partial charge in [0, 0.05) is 0 Å². The fourth-order valence-corrected chi connectivity index (χ4v) is 0.301. The Hall–Kier alpha value is -0.250. The minimum atomic E-state index is -0.688. The summed E-state index contributed by atoms with van der Waals surface area (Å²) in [6, 6.07) is 0. The standard InChI is InChI=1S/C4H7BrO3/c1-2-3-7-4(6)8-5/h2-3H2,1H3. The van der Waals surface area contributed by atoms with Crippen molar-refractivity contribution in [1.29, 1.82) is 0 Å². The maximum Gasteiger partial charge on any atom is 0.520 e. The molecule has 0 atom stereocenters. The predicted octanol–water partition coefficient (Wildman–Crippen LogP) is 1.86. The monoisotopic (exact) mass is 182 g/mol. The van der Waals surface area contributed by atoms with Crippen molar-refractivity contribution in [2.24, 2.45) is 0 Å². The maximum atomic E-state index is 10.1. The van der Waals surface area contributed by atoms with Crippen molar-refractivity contribution >= 4 is 22.4 Å². The molecule has 0 heterocycles. The van der Waals surface area contributed by atoms with Gasteiger partial charge in [-0.05, 0) is 6.42 Å². The average molecular weight is 183 g/mol. The van der Waals surface area contributed by atoms with Gasteiger partial charge in [-0.2, -0.15) is 0 Å². The molecule has 4 heteroatoms. The summed E-state index contributed by atoms with van der Waals surface area (Å²) in [7, 11) is 0. The summed E-state index contributed by atoms with van der Waals surface area (Å²) >= 11 is 2.47. The highest BCUT2D eigenvalue weighted by Gasteiger charge is 1.97. The minimum Gasteiger partial charge on any atom is -0.434 e. The molecule has 0 N–H and O–H groups in total. The first-order valence-electron chi connectivity index (χ1n) is 2.26. The Balaban J connectivity index is 2.99. The quantitative estimate of drug-likeness (QED) is 0.612. The van der Waals surface area contributed by atoms with Crippen molar-refractivity contribution in [2.75, 3.05) is 6.61 Å². The molecule has 0 aliphatic heterocycles. The summed E-state index contributed by atoms with van der Waals surface area (Å²) in [5.41, 5.74) is 0. The maximum absolute atomic E-state index is 10.1. The third-order valence-corrected chi connectivity index (χ3v) is 0.751. The van der Waals surface area contributed by atoms with Gasteiger partial charge in [-0.1, -0.05) is 6.92 Å². The highest BCUT2D eigenvalue weighted by molar-refractivity contribution is 9.06. The number of carbonyl (C=O) groups excluding carboxylic acids is 1. The third kappa shape index (κ3) is 3.92. The first-order chi connectivity index (χ1) is 3.81. The van der Waals surface area contributed by atoms with Crippen molar-refractivity contribution in [3.8, 4) is 0 Å². The van der Waals surface area contributed by atoms with Crippen molar-refractivity contribution in [2.45, 2.75) is 13.3 Å². The van der Waals surface area contributed by atoms with Gasteiger partial charge in [-0.25, -0.2) is 4.79 Å². The zero-order valence-corrected chi connectivity index (χ0v) is 6.10. The molecule has 8 heavy (non-hydrogen) atoms. The molecule has 0 aliphatic rings. The Labute approximate surface area is 56.4 Å². The lowest BCUT2D eigenvalue weighted by atomic mass is 10.5. The summed E-state index contributed by atoms with van der Waals surface area (Å²) in [6.07, 6.45) is 0.120. The predicted molar refractivity (Wildman–Crippen MR) is 31.7 cm³/mol. The molecule has 0 aromatic carbocycles. The Morgan fingerprint density at radius 1 is 1.75 bits per heavy atom. The lowest BCUT2D eigenvalue weighted by Crippen LogP contribution is -2.01. The number of carbonyl (C=O) groups is 1. The molecule has 48 valence electrons. The fourth-order valence-electron chi connectivity index (χ4n) is 0.208. The second kappa shape index (κ2) is 4.90. The average Bonchev–Trinajstić information content (AvgIpc) is 1.83. The van der Waals surface area contributed by atoms with Crippen LogP contribution < -0.4 is 0 Å². The van der Waals surface area contributed by atoms with Gasteiger partial charge in [0.05, 0.1) is 6.61 Å². The lowest BCUT2D eigenvalue weighted by molar-refractivity contribution is 0.109. The molecule has 0 bridgehead atoms. The second-order valence-corrected chi connectivity index (χ2v) is 1.50. The fraction of sp³-hybridized carbons (Fsp3) is 0.750. The SMILES string of the molecule is CCCOC(=O)OBr. The van der Waals surface area contributed by atoms with Gasteiger partial charge in [0.25, 0.3) is 0 Å². The van der Waals surface area contributed by atoms with Crippen LogP contribution in [0.4, 0.5) is 4.79 Å². The summed E-state index contributed by atoms with van der Waals surface area (Å²) in [5.74, 6) is 0. The molecule has 0 aromatic rings. The number of rotatable bonds is 2. The summed E-state index contributed by atoms with van der Waals surface area (Å²) in [4.78, 5) is 10.1. The zero-order chi connectivity index (χ0) is 6.41. The van der Waals surface area contributed by atoms with Crippen LogP contribution in [0.15, 0.2) is 0 Å². The van der Waals surface area contributed by atoms with E-state index >= 15 is 0 Å². The molecular weight excluding hydrogens is 176 g/mol. The van der Waals surface area contributed by atoms with E-state index in [0.29, 0.717) is 6.61 Å². The van der Waals surface area contributed by atoms with Crippen LogP contribution in [-0.4, -0.2) is 12.8 Å². The zero-order valence-electron chi connectivity index (χ0n) is 4.52. The third-order valence-electron chi connectivity index (χ3n) is 0.487. The molecule has 0 rings (SSSR count). The molecular formula is C4H7BrO3. The van der Waals surface area contributed by atoms with E-state index in [-0.39, 0.29) is 0 Å². The number of ether oxygens (including phenoxy) is 1. The molecule has 0 aromatic heterocycles. The van der Waals surface area contributed by atoms with Crippen molar-refractivity contribution in [1.82, 2.24) is 0 Å². The van der Waals surface area contributed by atoms with Gasteiger partial charge in [-0.15, -0.1) is 0 Å². The topological polar surface area (TPSA) is 35.5 Å². The molecule has 0 unspecified atom stereocenters. The second-order valence-electron chi connectivity index (χ2n) is 1.18. The van der Waals surface area contributed by atoms with Gasteiger partial charge in [0.15, 0.2) is 16.3 Å². The van der Waals surface area contributed by atoms with E-state index < -0.39 is 6.16 Å². The van der Waals surface area contributed by atoms with Gasteiger partial charge < -0.3 is 8.57 Å².